The normalized spacial score (nSPS) is 23.9. The lowest BCUT2D eigenvalue weighted by Gasteiger charge is -2.41. The van der Waals surface area contributed by atoms with Crippen molar-refractivity contribution in [3.8, 4) is 5.75 Å². The summed E-state index contributed by atoms with van der Waals surface area (Å²) in [5.41, 5.74) is 3.33. The van der Waals surface area contributed by atoms with Crippen molar-refractivity contribution in [2.45, 2.75) is 65.1 Å². The van der Waals surface area contributed by atoms with Crippen LogP contribution in [-0.4, -0.2) is 5.60 Å². The lowest BCUT2D eigenvalue weighted by molar-refractivity contribution is 0.0125. The Bertz CT molecular complexity index is 468. The second-order valence-corrected chi connectivity index (χ2v) is 7.25. The zero-order chi connectivity index (χ0) is 13.5. The van der Waals surface area contributed by atoms with Gasteiger partial charge in [0.05, 0.1) is 0 Å². The van der Waals surface area contributed by atoms with Crippen molar-refractivity contribution in [2.75, 3.05) is 0 Å². The monoisotopic (exact) mass is 259 g/mol. The number of nitrogens with one attached hydrogen (secondary N) is 1. The largest absolute Gasteiger partial charge is 0.488 e. The van der Waals surface area contributed by atoms with Crippen LogP contribution in [0.3, 0.4) is 0 Å². The molecule has 0 bridgehead atoms. The number of fused-ring (bicyclic) bond motifs is 1. The third kappa shape index (κ3) is 2.79. The van der Waals surface area contributed by atoms with E-state index in [0.717, 1.165) is 31.7 Å². The Hall–Kier alpha value is -1.02. The van der Waals surface area contributed by atoms with Crippen LogP contribution in [0.25, 0.3) is 0 Å². The van der Waals surface area contributed by atoms with Gasteiger partial charge >= 0.3 is 0 Å². The fraction of sp³-hybridized carbons (Fsp3) is 0.647. The van der Waals surface area contributed by atoms with Gasteiger partial charge in [-0.25, -0.2) is 0 Å². The first-order chi connectivity index (χ1) is 8.96. The molecule has 1 aliphatic carbocycles. The molecular formula is C17H25NO. The van der Waals surface area contributed by atoms with Gasteiger partial charge in [0.15, 0.2) is 0 Å². The van der Waals surface area contributed by atoms with Gasteiger partial charge in [-0.2, -0.15) is 0 Å². The lowest BCUT2D eigenvalue weighted by atomic mass is 9.71. The molecule has 0 saturated heterocycles. The first-order valence-corrected chi connectivity index (χ1v) is 7.47. The van der Waals surface area contributed by atoms with Gasteiger partial charge < -0.3 is 10.1 Å². The van der Waals surface area contributed by atoms with Crippen LogP contribution in [0.1, 0.15) is 57.6 Å². The molecule has 1 fully saturated rings. The summed E-state index contributed by atoms with van der Waals surface area (Å²) in [5.74, 6) is 1.05. The molecule has 2 nitrogen and oxygen atoms in total. The first-order valence-electron chi connectivity index (χ1n) is 7.47. The summed E-state index contributed by atoms with van der Waals surface area (Å²) < 4.78 is 6.33. The van der Waals surface area contributed by atoms with E-state index in [4.69, 9.17) is 4.74 Å². The topological polar surface area (TPSA) is 21.3 Å². The van der Waals surface area contributed by atoms with E-state index in [1.54, 1.807) is 0 Å². The Morgan fingerprint density at radius 3 is 2.37 bits per heavy atom. The molecular weight excluding hydrogens is 234 g/mol. The van der Waals surface area contributed by atoms with Gasteiger partial charge in [0.1, 0.15) is 11.4 Å². The smallest absolute Gasteiger partial charge is 0.120 e. The lowest BCUT2D eigenvalue weighted by Crippen LogP contribution is -2.39. The number of hydrogen-bond acceptors (Lipinski definition) is 2. The van der Waals surface area contributed by atoms with E-state index in [2.05, 4.69) is 44.3 Å². The van der Waals surface area contributed by atoms with Crippen molar-refractivity contribution in [2.24, 2.45) is 5.41 Å². The quantitative estimate of drug-likeness (QED) is 0.866. The molecule has 2 aliphatic rings. The highest BCUT2D eigenvalue weighted by molar-refractivity contribution is 5.38. The molecule has 1 saturated carbocycles. The van der Waals surface area contributed by atoms with Gasteiger partial charge in [0, 0.05) is 13.1 Å². The Balaban J connectivity index is 1.71. The van der Waals surface area contributed by atoms with Crippen molar-refractivity contribution < 1.29 is 4.74 Å². The minimum Gasteiger partial charge on any atom is -0.488 e. The maximum Gasteiger partial charge on any atom is 0.120 e. The third-order valence-corrected chi connectivity index (χ3v) is 4.83. The third-order valence-electron chi connectivity index (χ3n) is 4.83. The van der Waals surface area contributed by atoms with E-state index >= 15 is 0 Å². The van der Waals surface area contributed by atoms with Crippen LogP contribution in [0.5, 0.6) is 5.75 Å². The van der Waals surface area contributed by atoms with Gasteiger partial charge in [-0.05, 0) is 61.3 Å². The molecule has 0 radical (unpaired) electrons. The van der Waals surface area contributed by atoms with Gasteiger partial charge in [0.2, 0.25) is 0 Å². The molecule has 0 atom stereocenters. The summed E-state index contributed by atoms with van der Waals surface area (Å²) in [4.78, 5) is 0. The van der Waals surface area contributed by atoms with E-state index in [1.807, 2.05) is 0 Å². The Labute approximate surface area is 116 Å². The molecule has 3 rings (SSSR count). The van der Waals surface area contributed by atoms with Gasteiger partial charge in [-0.1, -0.05) is 19.9 Å². The summed E-state index contributed by atoms with van der Waals surface area (Å²) in [6, 6.07) is 6.57. The Morgan fingerprint density at radius 2 is 1.63 bits per heavy atom. The summed E-state index contributed by atoms with van der Waals surface area (Å²) in [7, 11) is 0. The van der Waals surface area contributed by atoms with Crippen LogP contribution in [-0.2, 0) is 13.1 Å². The molecule has 1 aromatic carbocycles. The van der Waals surface area contributed by atoms with Crippen molar-refractivity contribution >= 4 is 0 Å². The van der Waals surface area contributed by atoms with Crippen molar-refractivity contribution in [1.82, 2.24) is 5.32 Å². The van der Waals surface area contributed by atoms with Crippen LogP contribution in [0.4, 0.5) is 0 Å². The second-order valence-electron chi connectivity index (χ2n) is 7.25. The second kappa shape index (κ2) is 4.52. The highest BCUT2D eigenvalue weighted by atomic mass is 16.5. The molecule has 1 aliphatic heterocycles. The number of benzene rings is 1. The molecule has 1 heterocycles. The Kier molecular flexibility index (Phi) is 3.09. The predicted octanol–water partition coefficient (Wildman–Crippen LogP) is 4.03. The molecule has 0 amide bonds. The fourth-order valence-corrected chi connectivity index (χ4v) is 3.18. The molecule has 104 valence electrons. The van der Waals surface area contributed by atoms with E-state index in [-0.39, 0.29) is 5.60 Å². The van der Waals surface area contributed by atoms with Crippen molar-refractivity contribution in [3.05, 3.63) is 29.3 Å². The predicted molar refractivity (Wildman–Crippen MR) is 78.3 cm³/mol. The molecule has 0 aromatic heterocycles. The zero-order valence-corrected chi connectivity index (χ0v) is 12.4. The van der Waals surface area contributed by atoms with E-state index in [1.165, 1.54) is 24.0 Å². The highest BCUT2D eigenvalue weighted by Gasteiger charge is 2.36. The summed E-state index contributed by atoms with van der Waals surface area (Å²) >= 11 is 0. The summed E-state index contributed by atoms with van der Waals surface area (Å²) in [6.07, 6.45) is 4.84. The zero-order valence-electron chi connectivity index (χ0n) is 12.4. The summed E-state index contributed by atoms with van der Waals surface area (Å²) in [5, 5.41) is 3.38. The van der Waals surface area contributed by atoms with Crippen LogP contribution < -0.4 is 10.1 Å². The maximum atomic E-state index is 6.33. The van der Waals surface area contributed by atoms with E-state index in [0.29, 0.717) is 5.41 Å². The van der Waals surface area contributed by atoms with Crippen LogP contribution in [0.2, 0.25) is 0 Å². The van der Waals surface area contributed by atoms with Gasteiger partial charge in [0.25, 0.3) is 0 Å². The average molecular weight is 259 g/mol. The first kappa shape index (κ1) is 13.0. The highest BCUT2D eigenvalue weighted by Crippen LogP contribution is 2.42. The molecule has 1 aromatic rings. The minimum atomic E-state index is 0.0236. The average Bonchev–Trinajstić information content (AvgIpc) is 2.81. The Morgan fingerprint density at radius 1 is 0.947 bits per heavy atom. The molecule has 19 heavy (non-hydrogen) atoms. The van der Waals surface area contributed by atoms with Crippen molar-refractivity contribution in [3.63, 3.8) is 0 Å². The van der Waals surface area contributed by atoms with Crippen LogP contribution >= 0.6 is 0 Å². The van der Waals surface area contributed by atoms with Gasteiger partial charge in [-0.15, -0.1) is 0 Å². The molecule has 0 unspecified atom stereocenters. The maximum absolute atomic E-state index is 6.33. The molecule has 0 spiro atoms. The number of hydrogen-bond donors (Lipinski definition) is 1. The van der Waals surface area contributed by atoms with Crippen LogP contribution in [0, 0.1) is 5.41 Å². The number of rotatable bonds is 2. The van der Waals surface area contributed by atoms with Crippen molar-refractivity contribution in [1.29, 1.82) is 0 Å². The molecule has 2 heteroatoms. The van der Waals surface area contributed by atoms with Gasteiger partial charge in [-0.3, -0.25) is 0 Å². The van der Waals surface area contributed by atoms with E-state index < -0.39 is 0 Å². The SMILES string of the molecule is CC1(C)CCC(C)(Oc2ccc3c(c2)CNC3)CC1. The van der Waals surface area contributed by atoms with Crippen LogP contribution in [0.15, 0.2) is 18.2 Å². The molecule has 1 N–H and O–H groups in total. The van der Waals surface area contributed by atoms with E-state index in [9.17, 15) is 0 Å². The fourth-order valence-electron chi connectivity index (χ4n) is 3.18. The number of ether oxygens (including phenoxy) is 1. The summed E-state index contributed by atoms with van der Waals surface area (Å²) in [6.45, 7) is 8.99. The minimum absolute atomic E-state index is 0.0236. The standard InChI is InChI=1S/C17H25NO/c1-16(2)6-8-17(3,9-7-16)19-15-5-4-13-11-18-12-14(13)10-15/h4-5,10,18H,6-9,11-12H2,1-3H3.